The third-order valence-electron chi connectivity index (χ3n) is 5.29. The van der Waals surface area contributed by atoms with Crippen molar-refractivity contribution >= 4 is 24.4 Å². The van der Waals surface area contributed by atoms with Crippen molar-refractivity contribution in [3.63, 3.8) is 0 Å². The molecule has 2 atom stereocenters. The van der Waals surface area contributed by atoms with Crippen molar-refractivity contribution in [2.45, 2.75) is 24.9 Å². The second kappa shape index (κ2) is 4.85. The highest BCUT2D eigenvalue weighted by Gasteiger charge is 2.70. The van der Waals surface area contributed by atoms with E-state index in [0.29, 0.717) is 0 Å². The molecule has 1 N–H and O–H groups in total. The molecule has 2 aromatic rings. The number of carboxylic acid groups (broad SMARTS) is 1. The summed E-state index contributed by atoms with van der Waals surface area (Å²) < 4.78 is 0. The molecule has 3 heteroatoms. The number of aliphatic carboxylic acids is 1. The second-order valence-electron chi connectivity index (χ2n) is 6.24. The maximum Gasteiger partial charge on any atom is 0.307 e. The molecule has 2 aromatic carbocycles. The highest BCUT2D eigenvalue weighted by atomic mass is 28.3. The van der Waals surface area contributed by atoms with Gasteiger partial charge >= 0.3 is 5.97 Å². The molecular weight excluding hydrogens is 276 g/mol. The van der Waals surface area contributed by atoms with Crippen LogP contribution in [0.4, 0.5) is 0 Å². The minimum atomic E-state index is -2.34. The van der Waals surface area contributed by atoms with E-state index >= 15 is 0 Å². The molecule has 1 aliphatic carbocycles. The molecule has 108 valence electrons. The van der Waals surface area contributed by atoms with Gasteiger partial charge in [-0.25, -0.2) is 0 Å². The average Bonchev–Trinajstić information content (AvgIpc) is 3.21. The Kier molecular flexibility index (Phi) is 3.25. The summed E-state index contributed by atoms with van der Waals surface area (Å²) in [6.45, 7) is 4.29. The summed E-state index contributed by atoms with van der Waals surface area (Å²) in [6, 6.07) is 20.5. The first kappa shape index (κ1) is 14.1. The smallest absolute Gasteiger partial charge is 0.307 e. The summed E-state index contributed by atoms with van der Waals surface area (Å²) >= 11 is 0. The lowest BCUT2D eigenvalue weighted by Crippen LogP contribution is -2.62. The zero-order valence-corrected chi connectivity index (χ0v) is 13.4. The Morgan fingerprint density at radius 2 is 1.43 bits per heavy atom. The summed E-state index contributed by atoms with van der Waals surface area (Å²) in [5.74, 6) is -0.385. The molecule has 2 unspecified atom stereocenters. The zero-order valence-electron chi connectivity index (χ0n) is 12.4. The lowest BCUT2D eigenvalue weighted by molar-refractivity contribution is -0.138. The summed E-state index contributed by atoms with van der Waals surface area (Å²) in [7, 11) is -2.34. The van der Waals surface area contributed by atoms with Crippen LogP contribution in [0.3, 0.4) is 0 Å². The number of carbonyl (C=O) groups is 1. The van der Waals surface area contributed by atoms with E-state index in [1.807, 2.05) is 36.4 Å². The Morgan fingerprint density at radius 3 is 1.71 bits per heavy atom. The van der Waals surface area contributed by atoms with E-state index < -0.39 is 19.1 Å². The van der Waals surface area contributed by atoms with E-state index in [9.17, 15) is 9.90 Å². The molecule has 0 heterocycles. The highest BCUT2D eigenvalue weighted by Crippen LogP contribution is 2.65. The molecule has 0 radical (unpaired) electrons. The predicted molar refractivity (Wildman–Crippen MR) is 87.9 cm³/mol. The van der Waals surface area contributed by atoms with Gasteiger partial charge in [-0.1, -0.05) is 84.5 Å². The van der Waals surface area contributed by atoms with Gasteiger partial charge in [-0.15, -0.1) is 0 Å². The van der Waals surface area contributed by atoms with Crippen molar-refractivity contribution < 1.29 is 9.90 Å². The number of hydrogen-bond acceptors (Lipinski definition) is 1. The van der Waals surface area contributed by atoms with Crippen molar-refractivity contribution in [2.75, 3.05) is 0 Å². The van der Waals surface area contributed by atoms with Crippen LogP contribution in [0.5, 0.6) is 0 Å². The quantitative estimate of drug-likeness (QED) is 0.881. The van der Waals surface area contributed by atoms with Crippen molar-refractivity contribution in [3.05, 3.63) is 60.7 Å². The molecular formula is C18H20O2Si. The third kappa shape index (κ3) is 1.88. The van der Waals surface area contributed by atoms with Gasteiger partial charge in [-0.3, -0.25) is 4.79 Å². The Hall–Kier alpha value is -1.87. The maximum atomic E-state index is 12.1. The molecule has 1 aliphatic rings. The summed E-state index contributed by atoms with van der Waals surface area (Å²) in [4.78, 5) is 12.1. The van der Waals surface area contributed by atoms with Crippen molar-refractivity contribution in [1.29, 1.82) is 0 Å². The van der Waals surface area contributed by atoms with Crippen LogP contribution in [-0.4, -0.2) is 19.1 Å². The van der Waals surface area contributed by atoms with Crippen LogP contribution in [0, 0.1) is 5.92 Å². The Morgan fingerprint density at radius 1 is 1.05 bits per heavy atom. The first-order valence-electron chi connectivity index (χ1n) is 7.38. The van der Waals surface area contributed by atoms with E-state index in [4.69, 9.17) is 0 Å². The molecule has 1 fully saturated rings. The fourth-order valence-electron chi connectivity index (χ4n) is 3.86. The summed E-state index contributed by atoms with van der Waals surface area (Å²) in [5, 5.41) is 11.8. The largest absolute Gasteiger partial charge is 0.481 e. The molecule has 3 rings (SSSR count). The second-order valence-corrected chi connectivity index (χ2v) is 10.5. The van der Waals surface area contributed by atoms with Crippen LogP contribution in [0.2, 0.25) is 11.6 Å². The van der Waals surface area contributed by atoms with Gasteiger partial charge in [0.25, 0.3) is 0 Å². The van der Waals surface area contributed by atoms with Crippen LogP contribution in [0.25, 0.3) is 0 Å². The first-order valence-corrected chi connectivity index (χ1v) is 9.88. The Bertz CT molecular complexity index is 614. The molecule has 1 saturated carbocycles. The number of rotatable bonds is 4. The SMILES string of the molecule is CC1CC1(C(=O)O)[Si](C)(c1ccccc1)c1ccccc1. The van der Waals surface area contributed by atoms with Crippen LogP contribution < -0.4 is 10.4 Å². The van der Waals surface area contributed by atoms with E-state index in [1.165, 1.54) is 10.4 Å². The van der Waals surface area contributed by atoms with Crippen molar-refractivity contribution in [3.8, 4) is 0 Å². The van der Waals surface area contributed by atoms with E-state index in [0.717, 1.165) is 6.42 Å². The molecule has 0 spiro atoms. The minimum Gasteiger partial charge on any atom is -0.481 e. The average molecular weight is 296 g/mol. The molecule has 0 aliphatic heterocycles. The van der Waals surface area contributed by atoms with Crippen molar-refractivity contribution in [1.82, 2.24) is 0 Å². The lowest BCUT2D eigenvalue weighted by atomic mass is 10.3. The summed E-state index contributed by atoms with van der Waals surface area (Å²) in [5.41, 5.74) is 0. The van der Waals surface area contributed by atoms with Gasteiger partial charge in [-0.05, 0) is 12.3 Å². The molecule has 0 bridgehead atoms. The van der Waals surface area contributed by atoms with Gasteiger partial charge in [0.1, 0.15) is 8.07 Å². The first-order chi connectivity index (χ1) is 10.0. The van der Waals surface area contributed by atoms with E-state index in [-0.39, 0.29) is 5.92 Å². The zero-order chi connectivity index (χ0) is 15.1. The van der Waals surface area contributed by atoms with E-state index in [2.05, 4.69) is 37.7 Å². The number of hydrogen-bond donors (Lipinski definition) is 1. The Labute approximate surface area is 126 Å². The van der Waals surface area contributed by atoms with Gasteiger partial charge in [-0.2, -0.15) is 0 Å². The third-order valence-corrected chi connectivity index (χ3v) is 11.0. The molecule has 2 nitrogen and oxygen atoms in total. The predicted octanol–water partition coefficient (Wildman–Crippen LogP) is 2.74. The molecule has 21 heavy (non-hydrogen) atoms. The monoisotopic (exact) mass is 296 g/mol. The van der Waals surface area contributed by atoms with Gasteiger partial charge in [0, 0.05) is 0 Å². The number of carboxylic acids is 1. The lowest BCUT2D eigenvalue weighted by Gasteiger charge is -2.35. The standard InChI is InChI=1S/C18H20O2Si/c1-14-13-18(14,17(19)20)21(2,15-9-5-3-6-10-15)16-11-7-4-8-12-16/h3-12,14H,13H2,1-2H3,(H,19,20). The van der Waals surface area contributed by atoms with Gasteiger partial charge in [0.2, 0.25) is 0 Å². The molecule has 0 aromatic heterocycles. The van der Waals surface area contributed by atoms with Crippen LogP contribution in [-0.2, 0) is 4.79 Å². The van der Waals surface area contributed by atoms with Crippen molar-refractivity contribution in [2.24, 2.45) is 5.92 Å². The fourth-order valence-corrected chi connectivity index (χ4v) is 9.07. The summed E-state index contributed by atoms with van der Waals surface area (Å²) in [6.07, 6.45) is 0.787. The Balaban J connectivity index is 2.25. The van der Waals surface area contributed by atoms with Gasteiger partial charge < -0.3 is 5.11 Å². The fraction of sp³-hybridized carbons (Fsp3) is 0.278. The van der Waals surface area contributed by atoms with Crippen LogP contribution in [0.15, 0.2) is 60.7 Å². The number of benzene rings is 2. The van der Waals surface area contributed by atoms with Crippen LogP contribution >= 0.6 is 0 Å². The normalized spacial score (nSPS) is 24.6. The maximum absolute atomic E-state index is 12.1. The van der Waals surface area contributed by atoms with Gasteiger partial charge in [0.05, 0.1) is 5.04 Å². The molecule has 0 amide bonds. The van der Waals surface area contributed by atoms with Gasteiger partial charge in [0.15, 0.2) is 0 Å². The van der Waals surface area contributed by atoms with E-state index in [1.54, 1.807) is 0 Å². The highest BCUT2D eigenvalue weighted by molar-refractivity contribution is 7.06. The minimum absolute atomic E-state index is 0.243. The molecule has 0 saturated heterocycles. The van der Waals surface area contributed by atoms with Crippen LogP contribution in [0.1, 0.15) is 13.3 Å². The topological polar surface area (TPSA) is 37.3 Å².